The van der Waals surface area contributed by atoms with Gasteiger partial charge in [-0.15, -0.1) is 0 Å². The van der Waals surface area contributed by atoms with Gasteiger partial charge in [0.2, 0.25) is 0 Å². The van der Waals surface area contributed by atoms with Crippen molar-refractivity contribution in [2.75, 3.05) is 0 Å². The van der Waals surface area contributed by atoms with E-state index in [4.69, 9.17) is 10.5 Å². The third-order valence-corrected chi connectivity index (χ3v) is 2.07. The first-order valence-electron chi connectivity index (χ1n) is 5.22. The smallest absolute Gasteiger partial charge is 0.404 e. The van der Waals surface area contributed by atoms with Crippen LogP contribution in [0.4, 0.5) is 13.2 Å². The Hall–Kier alpha value is -0.780. The van der Waals surface area contributed by atoms with Gasteiger partial charge in [0.15, 0.2) is 0 Å². The molecule has 2 N–H and O–H groups in total. The zero-order valence-corrected chi connectivity index (χ0v) is 9.67. The van der Waals surface area contributed by atoms with Crippen LogP contribution in [0.2, 0.25) is 0 Å². The van der Waals surface area contributed by atoms with Crippen LogP contribution in [0.3, 0.4) is 0 Å². The molecule has 0 rings (SSSR count). The van der Waals surface area contributed by atoms with Crippen molar-refractivity contribution >= 4 is 5.97 Å². The molecule has 0 aromatic carbocycles. The molecule has 3 nitrogen and oxygen atoms in total. The Morgan fingerprint density at radius 1 is 1.38 bits per heavy atom. The fourth-order valence-electron chi connectivity index (χ4n) is 1.30. The molecule has 0 aromatic heterocycles. The zero-order valence-electron chi connectivity index (χ0n) is 9.67. The molecule has 96 valence electrons. The van der Waals surface area contributed by atoms with Crippen molar-refractivity contribution in [2.45, 2.75) is 51.9 Å². The first-order valence-corrected chi connectivity index (χ1v) is 5.22. The lowest BCUT2D eigenvalue weighted by Gasteiger charge is -2.24. The van der Waals surface area contributed by atoms with E-state index in [0.29, 0.717) is 6.42 Å². The number of carbonyl (C=O) groups excluding carboxylic acids is 1. The molecule has 0 aliphatic rings. The maximum atomic E-state index is 12.4. The van der Waals surface area contributed by atoms with Crippen LogP contribution in [-0.2, 0) is 9.53 Å². The van der Waals surface area contributed by atoms with E-state index in [-0.39, 0.29) is 6.42 Å². The van der Waals surface area contributed by atoms with Gasteiger partial charge in [-0.25, -0.2) is 0 Å². The van der Waals surface area contributed by atoms with E-state index in [9.17, 15) is 18.0 Å². The van der Waals surface area contributed by atoms with Gasteiger partial charge in [-0.1, -0.05) is 13.3 Å². The summed E-state index contributed by atoms with van der Waals surface area (Å²) in [5, 5.41) is 0. The summed E-state index contributed by atoms with van der Waals surface area (Å²) in [6.07, 6.45) is -4.49. The topological polar surface area (TPSA) is 52.3 Å². The summed E-state index contributed by atoms with van der Waals surface area (Å²) in [6, 6.07) is -2.15. The van der Waals surface area contributed by atoms with Gasteiger partial charge < -0.3 is 10.5 Å². The van der Waals surface area contributed by atoms with E-state index in [1.54, 1.807) is 20.8 Å². The number of rotatable bonds is 5. The molecule has 0 bridgehead atoms. The molecule has 16 heavy (non-hydrogen) atoms. The summed E-state index contributed by atoms with van der Waals surface area (Å²) < 4.78 is 41.9. The lowest BCUT2D eigenvalue weighted by atomic mass is 9.95. The third kappa shape index (κ3) is 4.83. The van der Waals surface area contributed by atoms with Gasteiger partial charge >= 0.3 is 12.1 Å². The molecule has 0 aromatic rings. The van der Waals surface area contributed by atoms with E-state index in [1.165, 1.54) is 0 Å². The fourth-order valence-corrected chi connectivity index (χ4v) is 1.30. The van der Waals surface area contributed by atoms with Gasteiger partial charge in [0.1, 0.15) is 6.04 Å². The third-order valence-electron chi connectivity index (χ3n) is 2.07. The van der Waals surface area contributed by atoms with Crippen molar-refractivity contribution in [1.29, 1.82) is 0 Å². The molecular formula is C10H18F3NO2. The Labute approximate surface area is 93.1 Å². The van der Waals surface area contributed by atoms with Crippen LogP contribution in [0.15, 0.2) is 0 Å². The molecule has 0 fully saturated rings. The number of ether oxygens (including phenoxy) is 1. The lowest BCUT2D eigenvalue weighted by Crippen LogP contribution is -2.47. The minimum atomic E-state index is -4.57. The first kappa shape index (κ1) is 15.2. The largest absolute Gasteiger partial charge is 0.463 e. The van der Waals surface area contributed by atoms with E-state index in [2.05, 4.69) is 0 Å². The summed E-state index contributed by atoms with van der Waals surface area (Å²) in [7, 11) is 0. The maximum absolute atomic E-state index is 12.4. The number of carbonyl (C=O) groups is 1. The second-order valence-electron chi connectivity index (χ2n) is 3.95. The quantitative estimate of drug-likeness (QED) is 0.751. The zero-order chi connectivity index (χ0) is 12.9. The second-order valence-corrected chi connectivity index (χ2v) is 3.95. The Morgan fingerprint density at radius 2 is 1.88 bits per heavy atom. The SMILES string of the molecule is CCC[C@H](C(=O)OC(C)C)[C@H](N)C(F)(F)F. The van der Waals surface area contributed by atoms with Crippen LogP contribution in [-0.4, -0.2) is 24.3 Å². The summed E-state index contributed by atoms with van der Waals surface area (Å²) >= 11 is 0. The molecule has 0 spiro atoms. The highest BCUT2D eigenvalue weighted by Crippen LogP contribution is 2.27. The first-order chi connectivity index (χ1) is 7.20. The van der Waals surface area contributed by atoms with Crippen LogP contribution in [0.25, 0.3) is 0 Å². The predicted octanol–water partition coefficient (Wildman–Crippen LogP) is 2.24. The number of esters is 1. The van der Waals surface area contributed by atoms with Crippen LogP contribution < -0.4 is 5.73 Å². The van der Waals surface area contributed by atoms with E-state index in [0.717, 1.165) is 0 Å². The Balaban J connectivity index is 4.66. The summed E-state index contributed by atoms with van der Waals surface area (Å²) in [4.78, 5) is 11.4. The standard InChI is InChI=1S/C10H18F3NO2/c1-4-5-7(8(14)10(11,12)13)9(15)16-6(2)3/h6-8H,4-5,14H2,1-3H3/t7-,8-/m0/s1. The normalized spacial score (nSPS) is 16.0. The molecule has 0 aliphatic carbocycles. The van der Waals surface area contributed by atoms with E-state index in [1.807, 2.05) is 0 Å². The highest BCUT2D eigenvalue weighted by atomic mass is 19.4. The summed E-state index contributed by atoms with van der Waals surface area (Å²) in [5.74, 6) is -2.19. The van der Waals surface area contributed by atoms with Gasteiger partial charge in [-0.3, -0.25) is 4.79 Å². The van der Waals surface area contributed by atoms with E-state index >= 15 is 0 Å². The number of hydrogen-bond acceptors (Lipinski definition) is 3. The molecule has 0 amide bonds. The minimum absolute atomic E-state index is 0.0756. The van der Waals surface area contributed by atoms with Gasteiger partial charge in [-0.2, -0.15) is 13.2 Å². The molecule has 0 unspecified atom stereocenters. The van der Waals surface area contributed by atoms with Crippen molar-refractivity contribution in [2.24, 2.45) is 11.7 Å². The molecule has 0 heterocycles. The van der Waals surface area contributed by atoms with Crippen molar-refractivity contribution < 1.29 is 22.7 Å². The highest BCUT2D eigenvalue weighted by molar-refractivity contribution is 5.73. The number of halogens is 3. The van der Waals surface area contributed by atoms with Crippen LogP contribution in [0, 0.1) is 5.92 Å². The van der Waals surface area contributed by atoms with Gasteiger partial charge in [0.25, 0.3) is 0 Å². The van der Waals surface area contributed by atoms with Crippen molar-refractivity contribution in [3.05, 3.63) is 0 Å². The summed E-state index contributed by atoms with van der Waals surface area (Å²) in [5.41, 5.74) is 5.03. The minimum Gasteiger partial charge on any atom is -0.463 e. The van der Waals surface area contributed by atoms with Gasteiger partial charge in [0, 0.05) is 0 Å². The van der Waals surface area contributed by atoms with E-state index < -0.39 is 30.2 Å². The predicted molar refractivity (Wildman–Crippen MR) is 53.7 cm³/mol. The second kappa shape index (κ2) is 6.08. The van der Waals surface area contributed by atoms with Crippen molar-refractivity contribution in [3.63, 3.8) is 0 Å². The molecule has 0 aliphatic heterocycles. The highest BCUT2D eigenvalue weighted by Gasteiger charge is 2.45. The van der Waals surface area contributed by atoms with Crippen LogP contribution in [0.1, 0.15) is 33.6 Å². The Morgan fingerprint density at radius 3 is 2.19 bits per heavy atom. The summed E-state index contributed by atoms with van der Waals surface area (Å²) in [6.45, 7) is 4.86. The number of hydrogen-bond donors (Lipinski definition) is 1. The molecule has 2 atom stereocenters. The monoisotopic (exact) mass is 241 g/mol. The maximum Gasteiger partial charge on any atom is 0.404 e. The Kier molecular flexibility index (Phi) is 5.78. The average molecular weight is 241 g/mol. The Bertz CT molecular complexity index is 229. The van der Waals surface area contributed by atoms with Gasteiger partial charge in [-0.05, 0) is 20.3 Å². The molecule has 6 heteroatoms. The molecule has 0 radical (unpaired) electrons. The number of alkyl halides is 3. The van der Waals surface area contributed by atoms with Crippen LogP contribution in [0.5, 0.6) is 0 Å². The molecular weight excluding hydrogens is 223 g/mol. The molecule has 0 saturated heterocycles. The number of nitrogens with two attached hydrogens (primary N) is 1. The lowest BCUT2D eigenvalue weighted by molar-refractivity contribution is -0.179. The van der Waals surface area contributed by atoms with Crippen molar-refractivity contribution in [3.8, 4) is 0 Å². The molecule has 0 saturated carbocycles. The van der Waals surface area contributed by atoms with Gasteiger partial charge in [0.05, 0.1) is 12.0 Å². The fraction of sp³-hybridized carbons (Fsp3) is 0.900. The van der Waals surface area contributed by atoms with Crippen molar-refractivity contribution in [1.82, 2.24) is 0 Å². The van der Waals surface area contributed by atoms with Crippen LogP contribution >= 0.6 is 0 Å². The average Bonchev–Trinajstić information content (AvgIpc) is 2.10.